The van der Waals surface area contributed by atoms with E-state index in [1.807, 2.05) is 35.8 Å². The summed E-state index contributed by atoms with van der Waals surface area (Å²) in [4.78, 5) is 14.5. The molecule has 2 heterocycles. The van der Waals surface area contributed by atoms with Crippen molar-refractivity contribution >= 4 is 0 Å². The van der Waals surface area contributed by atoms with Gasteiger partial charge in [-0.15, -0.1) is 0 Å². The molecule has 1 aromatic heterocycles. The Balaban J connectivity index is 1.63. The summed E-state index contributed by atoms with van der Waals surface area (Å²) in [5.41, 5.74) is 1.78. The van der Waals surface area contributed by atoms with E-state index in [0.29, 0.717) is 12.2 Å². The fourth-order valence-corrected chi connectivity index (χ4v) is 3.54. The first-order valence-electron chi connectivity index (χ1n) is 9.47. The smallest absolute Gasteiger partial charge is 0.223 e. The first-order chi connectivity index (χ1) is 12.7. The fraction of sp³-hybridized carbons (Fsp3) is 0.476. The topological polar surface area (TPSA) is 43.7 Å². The maximum atomic E-state index is 11.9. The zero-order valence-corrected chi connectivity index (χ0v) is 15.7. The van der Waals surface area contributed by atoms with Crippen LogP contribution in [0.4, 0.5) is 0 Å². The Hall–Kier alpha value is -2.27. The Bertz CT molecular complexity index is 762. The van der Waals surface area contributed by atoms with Crippen molar-refractivity contribution in [3.05, 3.63) is 52.4 Å². The molecule has 0 bridgehead atoms. The normalized spacial score (nSPS) is 14.5. The van der Waals surface area contributed by atoms with Crippen LogP contribution in [-0.4, -0.2) is 42.8 Å². The maximum absolute atomic E-state index is 11.9. The van der Waals surface area contributed by atoms with Crippen LogP contribution in [0.2, 0.25) is 0 Å². The molecule has 0 unspecified atom stereocenters. The molecule has 2 aromatic rings. The Morgan fingerprint density at radius 3 is 2.46 bits per heavy atom. The third-order valence-electron chi connectivity index (χ3n) is 4.89. The van der Waals surface area contributed by atoms with Gasteiger partial charge in [-0.3, -0.25) is 4.79 Å². The van der Waals surface area contributed by atoms with Crippen LogP contribution >= 0.6 is 0 Å². The third kappa shape index (κ3) is 4.28. The lowest BCUT2D eigenvalue weighted by Gasteiger charge is -2.16. The SMILES string of the molecule is CCc1c(OC)c(=O)ccn1-c1ccc(OCCCN2CCCC2)cc1. The molecule has 0 atom stereocenters. The van der Waals surface area contributed by atoms with Crippen molar-refractivity contribution in [2.24, 2.45) is 0 Å². The summed E-state index contributed by atoms with van der Waals surface area (Å²) < 4.78 is 13.2. The molecule has 0 aliphatic carbocycles. The monoisotopic (exact) mass is 356 g/mol. The third-order valence-corrected chi connectivity index (χ3v) is 4.89. The second-order valence-corrected chi connectivity index (χ2v) is 6.63. The molecule has 140 valence electrons. The number of pyridine rings is 1. The number of nitrogens with zero attached hydrogens (tertiary/aromatic N) is 2. The number of benzene rings is 1. The van der Waals surface area contributed by atoms with Crippen molar-refractivity contribution in [3.63, 3.8) is 0 Å². The van der Waals surface area contributed by atoms with E-state index in [2.05, 4.69) is 4.90 Å². The van der Waals surface area contributed by atoms with E-state index in [0.717, 1.165) is 36.7 Å². The molecule has 5 nitrogen and oxygen atoms in total. The summed E-state index contributed by atoms with van der Waals surface area (Å²) >= 11 is 0. The van der Waals surface area contributed by atoms with Gasteiger partial charge < -0.3 is 18.9 Å². The molecular weight excluding hydrogens is 328 g/mol. The van der Waals surface area contributed by atoms with E-state index in [-0.39, 0.29) is 5.43 Å². The summed E-state index contributed by atoms with van der Waals surface area (Å²) in [6, 6.07) is 9.53. The van der Waals surface area contributed by atoms with Crippen molar-refractivity contribution in [1.82, 2.24) is 9.47 Å². The molecule has 26 heavy (non-hydrogen) atoms. The van der Waals surface area contributed by atoms with Crippen LogP contribution in [0.5, 0.6) is 11.5 Å². The second kappa shape index (κ2) is 8.90. The van der Waals surface area contributed by atoms with Gasteiger partial charge in [0.25, 0.3) is 0 Å². The molecule has 1 aliphatic heterocycles. The van der Waals surface area contributed by atoms with Crippen molar-refractivity contribution in [2.75, 3.05) is 33.4 Å². The highest BCUT2D eigenvalue weighted by molar-refractivity contribution is 5.42. The van der Waals surface area contributed by atoms with E-state index in [9.17, 15) is 4.79 Å². The average molecular weight is 356 g/mol. The van der Waals surface area contributed by atoms with E-state index >= 15 is 0 Å². The predicted octanol–water partition coefficient (Wildman–Crippen LogP) is 3.27. The van der Waals surface area contributed by atoms with E-state index in [1.54, 1.807) is 19.4 Å². The van der Waals surface area contributed by atoms with Crippen LogP contribution < -0.4 is 14.9 Å². The van der Waals surface area contributed by atoms with Gasteiger partial charge in [0.15, 0.2) is 5.75 Å². The lowest BCUT2D eigenvalue weighted by molar-refractivity contribution is 0.263. The summed E-state index contributed by atoms with van der Waals surface area (Å²) in [6.45, 7) is 6.34. The first kappa shape index (κ1) is 18.5. The maximum Gasteiger partial charge on any atom is 0.223 e. The molecule has 1 aromatic carbocycles. The van der Waals surface area contributed by atoms with Gasteiger partial charge in [0.05, 0.1) is 19.4 Å². The summed E-state index contributed by atoms with van der Waals surface area (Å²) in [6.07, 6.45) is 6.23. The minimum atomic E-state index is -0.0847. The largest absolute Gasteiger partial charge is 0.494 e. The van der Waals surface area contributed by atoms with Crippen LogP contribution in [0.3, 0.4) is 0 Å². The lowest BCUT2D eigenvalue weighted by Crippen LogP contribution is -2.21. The molecule has 1 aliphatic rings. The fourth-order valence-electron chi connectivity index (χ4n) is 3.54. The van der Waals surface area contributed by atoms with Crippen LogP contribution in [0, 0.1) is 0 Å². The van der Waals surface area contributed by atoms with Crippen molar-refractivity contribution < 1.29 is 9.47 Å². The number of methoxy groups -OCH3 is 1. The summed E-state index contributed by atoms with van der Waals surface area (Å²) in [5, 5.41) is 0. The number of hydrogen-bond donors (Lipinski definition) is 0. The van der Waals surface area contributed by atoms with Gasteiger partial charge in [0.2, 0.25) is 5.43 Å². The van der Waals surface area contributed by atoms with Crippen LogP contribution in [0.1, 0.15) is 31.9 Å². The molecule has 5 heteroatoms. The summed E-state index contributed by atoms with van der Waals surface area (Å²) in [7, 11) is 1.54. The second-order valence-electron chi connectivity index (χ2n) is 6.63. The van der Waals surface area contributed by atoms with Crippen LogP contribution in [-0.2, 0) is 6.42 Å². The van der Waals surface area contributed by atoms with Gasteiger partial charge in [-0.25, -0.2) is 0 Å². The minimum absolute atomic E-state index is 0.0847. The Kier molecular flexibility index (Phi) is 6.34. The molecule has 1 saturated heterocycles. The van der Waals surface area contributed by atoms with Crippen molar-refractivity contribution in [3.8, 4) is 17.2 Å². The molecule has 0 radical (unpaired) electrons. The highest BCUT2D eigenvalue weighted by Gasteiger charge is 2.12. The van der Waals surface area contributed by atoms with Gasteiger partial charge in [-0.1, -0.05) is 6.92 Å². The number of aromatic nitrogens is 1. The molecule has 1 fully saturated rings. The Morgan fingerprint density at radius 2 is 1.81 bits per heavy atom. The van der Waals surface area contributed by atoms with E-state index in [1.165, 1.54) is 25.9 Å². The quantitative estimate of drug-likeness (QED) is 0.681. The molecule has 0 saturated carbocycles. The predicted molar refractivity (Wildman–Crippen MR) is 104 cm³/mol. The highest BCUT2D eigenvalue weighted by Crippen LogP contribution is 2.21. The number of rotatable bonds is 8. The zero-order valence-electron chi connectivity index (χ0n) is 15.7. The molecule has 0 N–H and O–H groups in total. The van der Waals surface area contributed by atoms with Gasteiger partial charge in [0.1, 0.15) is 5.75 Å². The first-order valence-corrected chi connectivity index (χ1v) is 9.47. The number of hydrogen-bond acceptors (Lipinski definition) is 4. The van der Waals surface area contributed by atoms with Gasteiger partial charge in [-0.2, -0.15) is 0 Å². The van der Waals surface area contributed by atoms with Crippen LogP contribution in [0.15, 0.2) is 41.3 Å². The highest BCUT2D eigenvalue weighted by atomic mass is 16.5. The van der Waals surface area contributed by atoms with Gasteiger partial charge in [0, 0.05) is 24.5 Å². The number of likely N-dealkylation sites (tertiary alicyclic amines) is 1. The standard InChI is InChI=1S/C21H28N2O3/c1-3-19-21(25-2)20(24)11-15-23(19)17-7-9-18(10-8-17)26-16-6-14-22-12-4-5-13-22/h7-11,15H,3-6,12-14,16H2,1-2H3. The zero-order chi connectivity index (χ0) is 18.4. The Morgan fingerprint density at radius 1 is 1.08 bits per heavy atom. The average Bonchev–Trinajstić information content (AvgIpc) is 3.19. The molecule has 0 spiro atoms. The van der Waals surface area contributed by atoms with Crippen molar-refractivity contribution in [1.29, 1.82) is 0 Å². The molecular formula is C21H28N2O3. The van der Waals surface area contributed by atoms with Crippen LogP contribution in [0.25, 0.3) is 5.69 Å². The van der Waals surface area contributed by atoms with E-state index < -0.39 is 0 Å². The minimum Gasteiger partial charge on any atom is -0.494 e. The van der Waals surface area contributed by atoms with Gasteiger partial charge in [-0.05, 0) is 63.0 Å². The molecule has 0 amide bonds. The Labute approximate surface area is 155 Å². The number of ether oxygens (including phenoxy) is 2. The lowest BCUT2D eigenvalue weighted by atomic mass is 10.2. The van der Waals surface area contributed by atoms with E-state index in [4.69, 9.17) is 9.47 Å². The van der Waals surface area contributed by atoms with Gasteiger partial charge >= 0.3 is 0 Å². The summed E-state index contributed by atoms with van der Waals surface area (Å²) in [5.74, 6) is 1.29. The molecule has 3 rings (SSSR count). The van der Waals surface area contributed by atoms with Crippen molar-refractivity contribution in [2.45, 2.75) is 32.6 Å².